The minimum atomic E-state index is -4.25. The van der Waals surface area contributed by atoms with Gasteiger partial charge in [-0.25, -0.2) is 0 Å². The molecule has 0 radical (unpaired) electrons. The lowest BCUT2D eigenvalue weighted by Gasteiger charge is -2.31. The van der Waals surface area contributed by atoms with Gasteiger partial charge in [0.25, 0.3) is 0 Å². The van der Waals surface area contributed by atoms with Gasteiger partial charge < -0.3 is 10.5 Å². The van der Waals surface area contributed by atoms with E-state index in [0.717, 1.165) is 25.7 Å². The summed E-state index contributed by atoms with van der Waals surface area (Å²) in [6.07, 6.45) is -0.685. The van der Waals surface area contributed by atoms with Gasteiger partial charge in [-0.15, -0.1) is 0 Å². The van der Waals surface area contributed by atoms with Crippen molar-refractivity contribution in [2.24, 2.45) is 11.1 Å². The number of rotatable bonds is 8. The largest absolute Gasteiger partial charge is 0.411 e. The second kappa shape index (κ2) is 7.12. The van der Waals surface area contributed by atoms with Crippen LogP contribution in [-0.4, -0.2) is 25.9 Å². The molecule has 1 atom stereocenters. The minimum absolute atomic E-state index is 0.0967. The van der Waals surface area contributed by atoms with Crippen LogP contribution in [0.2, 0.25) is 0 Å². The zero-order valence-electron chi connectivity index (χ0n) is 10.1. The van der Waals surface area contributed by atoms with E-state index < -0.39 is 12.8 Å². The summed E-state index contributed by atoms with van der Waals surface area (Å²) < 4.78 is 40.5. The van der Waals surface area contributed by atoms with E-state index in [-0.39, 0.29) is 12.0 Å². The Morgan fingerprint density at radius 3 is 2.12 bits per heavy atom. The van der Waals surface area contributed by atoms with Crippen molar-refractivity contribution in [3.63, 3.8) is 0 Å². The van der Waals surface area contributed by atoms with E-state index in [2.05, 4.69) is 0 Å². The lowest BCUT2D eigenvalue weighted by Crippen LogP contribution is -2.36. The average Bonchev–Trinajstić information content (AvgIpc) is 2.22. The Hall–Kier alpha value is -0.290. The van der Waals surface area contributed by atoms with Crippen molar-refractivity contribution < 1.29 is 17.9 Å². The molecule has 0 aliphatic carbocycles. The van der Waals surface area contributed by atoms with Crippen LogP contribution in [-0.2, 0) is 4.74 Å². The van der Waals surface area contributed by atoms with E-state index >= 15 is 0 Å². The molecular weight excluding hydrogens is 219 g/mol. The number of hydrogen-bond donors (Lipinski definition) is 1. The summed E-state index contributed by atoms with van der Waals surface area (Å²) in [4.78, 5) is 0. The van der Waals surface area contributed by atoms with E-state index in [1.54, 1.807) is 0 Å². The van der Waals surface area contributed by atoms with Crippen molar-refractivity contribution in [1.82, 2.24) is 0 Å². The molecule has 1 unspecified atom stereocenters. The van der Waals surface area contributed by atoms with Crippen LogP contribution in [0.4, 0.5) is 13.2 Å². The van der Waals surface area contributed by atoms with E-state index in [4.69, 9.17) is 10.5 Å². The molecule has 0 aliphatic rings. The molecule has 0 saturated carbocycles. The van der Waals surface area contributed by atoms with E-state index in [1.165, 1.54) is 0 Å². The summed E-state index contributed by atoms with van der Waals surface area (Å²) in [5.41, 5.74) is 5.36. The van der Waals surface area contributed by atoms with Crippen molar-refractivity contribution in [2.45, 2.75) is 45.7 Å². The number of unbranched alkanes of at least 4 members (excludes halogenated alkanes) is 1. The average molecular weight is 241 g/mol. The predicted octanol–water partition coefficient (Wildman–Crippen LogP) is 3.11. The van der Waals surface area contributed by atoms with Crippen molar-refractivity contribution >= 4 is 0 Å². The molecule has 0 aromatic rings. The van der Waals surface area contributed by atoms with Crippen LogP contribution in [0.1, 0.15) is 39.5 Å². The lowest BCUT2D eigenvalue weighted by molar-refractivity contribution is -0.181. The van der Waals surface area contributed by atoms with Gasteiger partial charge >= 0.3 is 6.18 Å². The highest BCUT2D eigenvalue weighted by Crippen LogP contribution is 2.28. The molecule has 16 heavy (non-hydrogen) atoms. The number of ether oxygens (including phenoxy) is 1. The summed E-state index contributed by atoms with van der Waals surface area (Å²) in [5, 5.41) is 0. The van der Waals surface area contributed by atoms with Crippen LogP contribution in [0.25, 0.3) is 0 Å². The summed E-state index contributed by atoms with van der Waals surface area (Å²) in [6.45, 7) is 3.29. The van der Waals surface area contributed by atoms with Crippen LogP contribution in [0.3, 0.4) is 0 Å². The van der Waals surface area contributed by atoms with Crippen LogP contribution >= 0.6 is 0 Å². The Morgan fingerprint density at radius 1 is 1.12 bits per heavy atom. The molecule has 0 heterocycles. The molecule has 0 amide bonds. The van der Waals surface area contributed by atoms with Crippen molar-refractivity contribution in [1.29, 1.82) is 0 Å². The highest BCUT2D eigenvalue weighted by Gasteiger charge is 2.31. The summed E-state index contributed by atoms with van der Waals surface area (Å²) in [6, 6.07) is 0. The third kappa shape index (κ3) is 6.33. The van der Waals surface area contributed by atoms with Gasteiger partial charge in [-0.2, -0.15) is 13.2 Å². The maximum atomic E-state index is 11.9. The standard InChI is InChI=1S/C11H22F3NO/c1-3-5-6-10(4-2,7-15)8-16-9-11(12,13)14/h3-9,15H2,1-2H3. The molecule has 0 saturated heterocycles. The quantitative estimate of drug-likeness (QED) is 0.708. The van der Waals surface area contributed by atoms with Gasteiger partial charge in [-0.1, -0.05) is 26.7 Å². The Kier molecular flexibility index (Phi) is 6.99. The normalized spacial score (nSPS) is 16.1. The molecule has 0 aromatic carbocycles. The third-order valence-electron chi connectivity index (χ3n) is 2.92. The van der Waals surface area contributed by atoms with Gasteiger partial charge in [0.15, 0.2) is 0 Å². The molecular formula is C11H22F3NO. The van der Waals surface area contributed by atoms with Gasteiger partial charge in [0, 0.05) is 12.0 Å². The smallest absolute Gasteiger partial charge is 0.371 e. The Balaban J connectivity index is 4.11. The van der Waals surface area contributed by atoms with E-state index in [1.807, 2.05) is 13.8 Å². The zero-order valence-corrected chi connectivity index (χ0v) is 10.1. The van der Waals surface area contributed by atoms with Gasteiger partial charge in [0.05, 0.1) is 6.61 Å². The van der Waals surface area contributed by atoms with Crippen LogP contribution in [0.15, 0.2) is 0 Å². The van der Waals surface area contributed by atoms with Gasteiger partial charge in [-0.3, -0.25) is 0 Å². The fourth-order valence-corrected chi connectivity index (χ4v) is 1.59. The number of nitrogens with two attached hydrogens (primary N) is 1. The molecule has 0 aromatic heterocycles. The molecule has 98 valence electrons. The third-order valence-corrected chi connectivity index (χ3v) is 2.92. The van der Waals surface area contributed by atoms with Crippen molar-refractivity contribution in [3.05, 3.63) is 0 Å². The minimum Gasteiger partial charge on any atom is -0.371 e. The molecule has 0 aliphatic heterocycles. The van der Waals surface area contributed by atoms with Crippen LogP contribution in [0, 0.1) is 5.41 Å². The molecule has 5 heteroatoms. The first-order valence-corrected chi connectivity index (χ1v) is 5.73. The lowest BCUT2D eigenvalue weighted by atomic mass is 9.81. The fourth-order valence-electron chi connectivity index (χ4n) is 1.59. The highest BCUT2D eigenvalue weighted by atomic mass is 19.4. The summed E-state index contributed by atoms with van der Waals surface area (Å²) >= 11 is 0. The Labute approximate surface area is 95.3 Å². The van der Waals surface area contributed by atoms with E-state index in [0.29, 0.717) is 6.54 Å². The second-order valence-electron chi connectivity index (χ2n) is 4.27. The van der Waals surface area contributed by atoms with Gasteiger partial charge in [-0.05, 0) is 12.8 Å². The maximum absolute atomic E-state index is 11.9. The maximum Gasteiger partial charge on any atom is 0.411 e. The fraction of sp³-hybridized carbons (Fsp3) is 1.00. The first-order chi connectivity index (χ1) is 7.39. The zero-order chi connectivity index (χ0) is 12.7. The predicted molar refractivity (Wildman–Crippen MR) is 58.2 cm³/mol. The molecule has 0 spiro atoms. The van der Waals surface area contributed by atoms with Crippen molar-refractivity contribution in [2.75, 3.05) is 19.8 Å². The van der Waals surface area contributed by atoms with Gasteiger partial charge in [0.2, 0.25) is 0 Å². The topological polar surface area (TPSA) is 35.2 Å². The molecule has 2 nitrogen and oxygen atoms in total. The highest BCUT2D eigenvalue weighted by molar-refractivity contribution is 4.78. The van der Waals surface area contributed by atoms with Crippen LogP contribution < -0.4 is 5.73 Å². The second-order valence-corrected chi connectivity index (χ2v) is 4.27. The summed E-state index contributed by atoms with van der Waals surface area (Å²) in [7, 11) is 0. The SMILES string of the molecule is CCCCC(CC)(CN)COCC(F)(F)F. The first kappa shape index (κ1) is 15.7. The number of alkyl halides is 3. The molecule has 0 rings (SSSR count). The van der Waals surface area contributed by atoms with Gasteiger partial charge in [0.1, 0.15) is 6.61 Å². The monoisotopic (exact) mass is 241 g/mol. The Morgan fingerprint density at radius 2 is 1.75 bits per heavy atom. The Bertz CT molecular complexity index is 179. The summed E-state index contributed by atoms with van der Waals surface area (Å²) in [5.74, 6) is 0. The number of halogens is 3. The van der Waals surface area contributed by atoms with E-state index in [9.17, 15) is 13.2 Å². The van der Waals surface area contributed by atoms with Crippen molar-refractivity contribution in [3.8, 4) is 0 Å². The molecule has 2 N–H and O–H groups in total. The first-order valence-electron chi connectivity index (χ1n) is 5.73. The molecule has 0 fully saturated rings. The van der Waals surface area contributed by atoms with Crippen LogP contribution in [0.5, 0.6) is 0 Å². The number of hydrogen-bond acceptors (Lipinski definition) is 2. The molecule has 0 bridgehead atoms.